The van der Waals surface area contributed by atoms with Gasteiger partial charge in [-0.3, -0.25) is 4.57 Å². The van der Waals surface area contributed by atoms with Crippen LogP contribution in [0.2, 0.25) is 0 Å². The number of hydrogen-bond acceptors (Lipinski definition) is 3. The second-order valence-corrected chi connectivity index (χ2v) is 4.64. The third-order valence-electron chi connectivity index (χ3n) is 3.24. The van der Waals surface area contributed by atoms with Gasteiger partial charge >= 0.3 is 0 Å². The highest BCUT2D eigenvalue weighted by Gasteiger charge is 2.07. The molecule has 0 aliphatic heterocycles. The van der Waals surface area contributed by atoms with Crippen LogP contribution in [0.15, 0.2) is 43.0 Å². The Kier molecular flexibility index (Phi) is 3.02. The predicted octanol–water partition coefficient (Wildman–Crippen LogP) is 3.09. The molecule has 100 valence electrons. The summed E-state index contributed by atoms with van der Waals surface area (Å²) < 4.78 is 15.4. The number of aryl methyl sites for hydroxylation is 2. The molecule has 0 radical (unpaired) electrons. The molecule has 5 heteroatoms. The number of benzene rings is 1. The van der Waals surface area contributed by atoms with Gasteiger partial charge in [0.15, 0.2) is 0 Å². The van der Waals surface area contributed by atoms with Crippen molar-refractivity contribution in [2.75, 3.05) is 0 Å². The van der Waals surface area contributed by atoms with Crippen molar-refractivity contribution in [2.24, 2.45) is 0 Å². The quantitative estimate of drug-likeness (QED) is 0.717. The highest BCUT2D eigenvalue weighted by atomic mass is 19.1. The summed E-state index contributed by atoms with van der Waals surface area (Å²) in [6.45, 7) is 3.65. The first-order valence-electron chi connectivity index (χ1n) is 6.24. The molecule has 0 amide bonds. The fourth-order valence-electron chi connectivity index (χ4n) is 2.08. The van der Waals surface area contributed by atoms with E-state index in [1.165, 1.54) is 6.07 Å². The van der Waals surface area contributed by atoms with Crippen LogP contribution >= 0.6 is 0 Å². The van der Waals surface area contributed by atoms with E-state index in [9.17, 15) is 4.39 Å². The van der Waals surface area contributed by atoms with Gasteiger partial charge in [-0.1, -0.05) is 12.1 Å². The Balaban J connectivity index is 2.05. The van der Waals surface area contributed by atoms with Crippen molar-refractivity contribution < 1.29 is 4.39 Å². The third kappa shape index (κ3) is 2.18. The van der Waals surface area contributed by atoms with Crippen LogP contribution in [0.4, 0.5) is 4.39 Å². The Morgan fingerprint density at radius 2 is 1.75 bits per heavy atom. The van der Waals surface area contributed by atoms with Crippen LogP contribution in [-0.4, -0.2) is 19.7 Å². The maximum absolute atomic E-state index is 13.7. The van der Waals surface area contributed by atoms with Gasteiger partial charge in [0.2, 0.25) is 0 Å². The SMILES string of the molecule is Cc1ccc(-c2ccc(-n3cnnc3)nc2C)cc1F. The number of pyridine rings is 1. The van der Waals surface area contributed by atoms with Gasteiger partial charge < -0.3 is 0 Å². The molecular formula is C15H13FN4. The highest BCUT2D eigenvalue weighted by Crippen LogP contribution is 2.25. The van der Waals surface area contributed by atoms with Gasteiger partial charge in [0.05, 0.1) is 0 Å². The topological polar surface area (TPSA) is 43.6 Å². The van der Waals surface area contributed by atoms with E-state index in [1.807, 2.05) is 25.1 Å². The fourth-order valence-corrected chi connectivity index (χ4v) is 2.08. The van der Waals surface area contributed by atoms with E-state index in [4.69, 9.17) is 0 Å². The second-order valence-electron chi connectivity index (χ2n) is 4.64. The van der Waals surface area contributed by atoms with Crippen LogP contribution in [0, 0.1) is 19.7 Å². The van der Waals surface area contributed by atoms with Gasteiger partial charge in [-0.05, 0) is 43.2 Å². The predicted molar refractivity (Wildman–Crippen MR) is 74.0 cm³/mol. The van der Waals surface area contributed by atoms with Crippen LogP contribution in [0.1, 0.15) is 11.3 Å². The minimum absolute atomic E-state index is 0.204. The number of nitrogens with zero attached hydrogens (tertiary/aromatic N) is 4. The Morgan fingerprint density at radius 3 is 2.40 bits per heavy atom. The van der Waals surface area contributed by atoms with E-state index < -0.39 is 0 Å². The maximum atomic E-state index is 13.7. The smallest absolute Gasteiger partial charge is 0.139 e. The molecule has 0 fully saturated rings. The first-order chi connectivity index (χ1) is 9.65. The largest absolute Gasteiger partial charge is 0.272 e. The summed E-state index contributed by atoms with van der Waals surface area (Å²) in [5.41, 5.74) is 3.22. The minimum atomic E-state index is -0.204. The van der Waals surface area contributed by atoms with Gasteiger partial charge in [0.25, 0.3) is 0 Å². The van der Waals surface area contributed by atoms with Crippen molar-refractivity contribution in [1.29, 1.82) is 0 Å². The zero-order valence-electron chi connectivity index (χ0n) is 11.2. The molecule has 4 nitrogen and oxygen atoms in total. The lowest BCUT2D eigenvalue weighted by molar-refractivity contribution is 0.619. The number of hydrogen-bond donors (Lipinski definition) is 0. The van der Waals surface area contributed by atoms with Crippen LogP contribution in [0.25, 0.3) is 16.9 Å². The average Bonchev–Trinajstić information content (AvgIpc) is 2.96. The standard InChI is InChI=1S/C15H13FN4/c1-10-3-4-12(7-14(10)16)13-5-6-15(19-11(13)2)20-8-17-18-9-20/h3-9H,1-2H3. The van der Waals surface area contributed by atoms with Gasteiger partial charge in [-0.15, -0.1) is 10.2 Å². The molecule has 0 saturated heterocycles. The molecule has 2 aromatic heterocycles. The van der Waals surface area contributed by atoms with Crippen molar-refractivity contribution in [1.82, 2.24) is 19.7 Å². The number of halogens is 1. The molecule has 3 rings (SSSR count). The zero-order valence-corrected chi connectivity index (χ0v) is 11.2. The molecule has 0 N–H and O–H groups in total. The molecule has 2 heterocycles. The summed E-state index contributed by atoms with van der Waals surface area (Å²) >= 11 is 0. The normalized spacial score (nSPS) is 10.8. The maximum Gasteiger partial charge on any atom is 0.139 e. The molecule has 20 heavy (non-hydrogen) atoms. The van der Waals surface area contributed by atoms with Crippen LogP contribution in [0.3, 0.4) is 0 Å². The van der Waals surface area contributed by atoms with Crippen molar-refractivity contribution in [2.45, 2.75) is 13.8 Å². The molecular weight excluding hydrogens is 255 g/mol. The van der Waals surface area contributed by atoms with Crippen molar-refractivity contribution in [3.8, 4) is 16.9 Å². The van der Waals surface area contributed by atoms with Gasteiger partial charge in [-0.25, -0.2) is 9.37 Å². The van der Waals surface area contributed by atoms with Gasteiger partial charge in [0, 0.05) is 11.3 Å². The molecule has 1 aromatic carbocycles. The summed E-state index contributed by atoms with van der Waals surface area (Å²) in [5, 5.41) is 7.51. The molecule has 3 aromatic rings. The average molecular weight is 268 g/mol. The lowest BCUT2D eigenvalue weighted by Crippen LogP contribution is -1.98. The van der Waals surface area contributed by atoms with Crippen molar-refractivity contribution in [3.05, 3.63) is 60.1 Å². The van der Waals surface area contributed by atoms with Crippen molar-refractivity contribution in [3.63, 3.8) is 0 Å². The van der Waals surface area contributed by atoms with Gasteiger partial charge in [0.1, 0.15) is 24.3 Å². The molecule has 0 unspecified atom stereocenters. The Labute approximate surface area is 115 Å². The van der Waals surface area contributed by atoms with Crippen LogP contribution in [0.5, 0.6) is 0 Å². The first-order valence-corrected chi connectivity index (χ1v) is 6.24. The van der Waals surface area contributed by atoms with Gasteiger partial charge in [-0.2, -0.15) is 0 Å². The summed E-state index contributed by atoms with van der Waals surface area (Å²) in [6, 6.07) is 9.02. The summed E-state index contributed by atoms with van der Waals surface area (Å²) in [6.07, 6.45) is 3.18. The Bertz CT molecular complexity index is 751. The Hall–Kier alpha value is -2.56. The van der Waals surface area contributed by atoms with Crippen molar-refractivity contribution >= 4 is 0 Å². The molecule has 0 spiro atoms. The second kappa shape index (κ2) is 4.85. The lowest BCUT2D eigenvalue weighted by Gasteiger charge is -2.09. The first kappa shape index (κ1) is 12.5. The molecule has 0 aliphatic rings. The minimum Gasteiger partial charge on any atom is -0.272 e. The number of aromatic nitrogens is 4. The monoisotopic (exact) mass is 268 g/mol. The summed E-state index contributed by atoms with van der Waals surface area (Å²) in [4.78, 5) is 4.50. The van der Waals surface area contributed by atoms with Crippen LogP contribution in [-0.2, 0) is 0 Å². The fraction of sp³-hybridized carbons (Fsp3) is 0.133. The molecule has 0 atom stereocenters. The third-order valence-corrected chi connectivity index (χ3v) is 3.24. The lowest BCUT2D eigenvalue weighted by atomic mass is 10.0. The van der Waals surface area contributed by atoms with E-state index in [-0.39, 0.29) is 5.82 Å². The number of rotatable bonds is 2. The van der Waals surface area contributed by atoms with E-state index in [1.54, 1.807) is 30.2 Å². The summed E-state index contributed by atoms with van der Waals surface area (Å²) in [5.74, 6) is 0.536. The van der Waals surface area contributed by atoms with E-state index in [0.717, 1.165) is 22.6 Å². The van der Waals surface area contributed by atoms with E-state index in [2.05, 4.69) is 15.2 Å². The Morgan fingerprint density at radius 1 is 1.00 bits per heavy atom. The molecule has 0 aliphatic carbocycles. The van der Waals surface area contributed by atoms with Crippen LogP contribution < -0.4 is 0 Å². The summed E-state index contributed by atoms with van der Waals surface area (Å²) in [7, 11) is 0. The van der Waals surface area contributed by atoms with E-state index in [0.29, 0.717) is 5.56 Å². The molecule has 0 bridgehead atoms. The zero-order chi connectivity index (χ0) is 14.1. The molecule has 0 saturated carbocycles. The highest BCUT2D eigenvalue weighted by molar-refractivity contribution is 5.66. The van der Waals surface area contributed by atoms with E-state index >= 15 is 0 Å².